The molecule has 0 atom stereocenters. The zero-order valence-electron chi connectivity index (χ0n) is 11.6. The van der Waals surface area contributed by atoms with E-state index in [4.69, 9.17) is 9.47 Å². The van der Waals surface area contributed by atoms with E-state index in [0.717, 1.165) is 0 Å². The van der Waals surface area contributed by atoms with Gasteiger partial charge in [-0.05, 0) is 36.8 Å². The Morgan fingerprint density at radius 3 is 2.67 bits per heavy atom. The Labute approximate surface area is 121 Å². The average Bonchev–Trinajstić information content (AvgIpc) is 2.64. The monoisotopic (exact) mass is 283 g/mol. The van der Waals surface area contributed by atoms with Crippen LogP contribution in [-0.4, -0.2) is 19.0 Å². The van der Waals surface area contributed by atoms with Crippen LogP contribution in [0.5, 0.6) is 11.5 Å². The second-order valence-corrected chi connectivity index (χ2v) is 4.66. The molecule has 0 saturated carbocycles. The molecule has 1 aliphatic heterocycles. The first-order valence-electron chi connectivity index (χ1n) is 6.42. The Kier molecular flexibility index (Phi) is 3.10. The summed E-state index contributed by atoms with van der Waals surface area (Å²) in [5.74, 6) is 0.262. The van der Waals surface area contributed by atoms with Gasteiger partial charge in [0, 0.05) is 0 Å². The van der Waals surface area contributed by atoms with Crippen molar-refractivity contribution in [3.8, 4) is 11.5 Å². The summed E-state index contributed by atoms with van der Waals surface area (Å²) in [6.45, 7) is 1.74. The van der Waals surface area contributed by atoms with Gasteiger partial charge in [-0.1, -0.05) is 12.1 Å². The van der Waals surface area contributed by atoms with Crippen molar-refractivity contribution >= 4 is 17.6 Å². The van der Waals surface area contributed by atoms with Gasteiger partial charge < -0.3 is 14.8 Å². The molecule has 5 heteroatoms. The van der Waals surface area contributed by atoms with Crippen LogP contribution in [-0.2, 0) is 4.74 Å². The minimum absolute atomic E-state index is 0.269. The Hall–Kier alpha value is -2.82. The van der Waals surface area contributed by atoms with Gasteiger partial charge in [-0.15, -0.1) is 0 Å². The van der Waals surface area contributed by atoms with Crippen LogP contribution in [0.15, 0.2) is 36.4 Å². The first-order valence-corrected chi connectivity index (χ1v) is 6.42. The summed E-state index contributed by atoms with van der Waals surface area (Å²) in [6, 6.07) is 10.3. The molecule has 2 aromatic carbocycles. The maximum atomic E-state index is 12.3. The highest BCUT2D eigenvalue weighted by atomic mass is 16.5. The standard InChI is InChI=1S/C16H13NO4/c1-9-10(16(19)20-2)7-8-13-14(9)17-15(18)11-5-3-4-6-12(11)21-13/h3-8H,1-2H3,(H,17,18). The molecule has 0 bridgehead atoms. The van der Waals surface area contributed by atoms with E-state index in [1.807, 2.05) is 0 Å². The largest absolute Gasteiger partial charge is 0.465 e. The minimum Gasteiger partial charge on any atom is -0.465 e. The van der Waals surface area contributed by atoms with Gasteiger partial charge >= 0.3 is 5.97 Å². The number of amides is 1. The van der Waals surface area contributed by atoms with E-state index < -0.39 is 5.97 Å². The number of carbonyl (C=O) groups excluding carboxylic acids is 2. The molecule has 0 spiro atoms. The van der Waals surface area contributed by atoms with E-state index in [0.29, 0.717) is 33.9 Å². The Balaban J connectivity index is 2.14. The fraction of sp³-hybridized carbons (Fsp3) is 0.125. The van der Waals surface area contributed by atoms with Gasteiger partial charge in [0.25, 0.3) is 5.91 Å². The van der Waals surface area contributed by atoms with Crippen LogP contribution in [0.3, 0.4) is 0 Å². The third-order valence-corrected chi connectivity index (χ3v) is 3.42. The zero-order chi connectivity index (χ0) is 15.0. The van der Waals surface area contributed by atoms with Crippen molar-refractivity contribution in [3.63, 3.8) is 0 Å². The quantitative estimate of drug-likeness (QED) is 0.817. The summed E-state index contributed by atoms with van der Waals surface area (Å²) < 4.78 is 10.5. The van der Waals surface area contributed by atoms with Crippen molar-refractivity contribution in [2.24, 2.45) is 0 Å². The van der Waals surface area contributed by atoms with Crippen LogP contribution >= 0.6 is 0 Å². The lowest BCUT2D eigenvalue weighted by Gasteiger charge is -2.13. The van der Waals surface area contributed by atoms with Crippen molar-refractivity contribution in [1.82, 2.24) is 0 Å². The Morgan fingerprint density at radius 2 is 1.90 bits per heavy atom. The van der Waals surface area contributed by atoms with Crippen molar-refractivity contribution < 1.29 is 19.1 Å². The van der Waals surface area contributed by atoms with Crippen LogP contribution in [0.1, 0.15) is 26.3 Å². The van der Waals surface area contributed by atoms with E-state index >= 15 is 0 Å². The van der Waals surface area contributed by atoms with E-state index in [9.17, 15) is 9.59 Å². The predicted molar refractivity (Wildman–Crippen MR) is 77.0 cm³/mol. The lowest BCUT2D eigenvalue weighted by atomic mass is 10.1. The smallest absolute Gasteiger partial charge is 0.338 e. The van der Waals surface area contributed by atoms with Gasteiger partial charge in [0.1, 0.15) is 5.75 Å². The van der Waals surface area contributed by atoms with E-state index in [1.54, 1.807) is 43.3 Å². The molecule has 0 saturated heterocycles. The van der Waals surface area contributed by atoms with Gasteiger partial charge in [0.05, 0.1) is 23.9 Å². The number of anilines is 1. The van der Waals surface area contributed by atoms with Gasteiger partial charge in [0.2, 0.25) is 0 Å². The van der Waals surface area contributed by atoms with Gasteiger partial charge in [-0.2, -0.15) is 0 Å². The number of carbonyl (C=O) groups is 2. The first-order chi connectivity index (χ1) is 10.1. The maximum absolute atomic E-state index is 12.3. The number of benzene rings is 2. The number of para-hydroxylation sites is 1. The number of nitrogens with one attached hydrogen (secondary N) is 1. The molecule has 5 nitrogen and oxygen atoms in total. The van der Waals surface area contributed by atoms with Crippen molar-refractivity contribution in [3.05, 3.63) is 53.1 Å². The minimum atomic E-state index is -0.452. The fourth-order valence-electron chi connectivity index (χ4n) is 2.30. The molecule has 106 valence electrons. The Bertz CT molecular complexity index is 752. The lowest BCUT2D eigenvalue weighted by molar-refractivity contribution is 0.0599. The molecule has 0 aromatic heterocycles. The molecule has 0 radical (unpaired) electrons. The number of esters is 1. The zero-order valence-corrected chi connectivity index (χ0v) is 11.6. The van der Waals surface area contributed by atoms with Crippen LogP contribution in [0.25, 0.3) is 0 Å². The topological polar surface area (TPSA) is 64.6 Å². The molecule has 0 unspecified atom stereocenters. The summed E-state index contributed by atoms with van der Waals surface area (Å²) in [7, 11) is 1.32. The van der Waals surface area contributed by atoms with Crippen LogP contribution in [0.2, 0.25) is 0 Å². The molecular formula is C16H13NO4. The third kappa shape index (κ3) is 2.12. The van der Waals surface area contributed by atoms with Crippen LogP contribution in [0.4, 0.5) is 5.69 Å². The summed E-state index contributed by atoms with van der Waals surface area (Å²) >= 11 is 0. The second kappa shape index (κ2) is 4.94. The molecule has 1 aliphatic rings. The molecule has 0 aliphatic carbocycles. The summed E-state index contributed by atoms with van der Waals surface area (Å²) in [6.07, 6.45) is 0. The summed E-state index contributed by atoms with van der Waals surface area (Å²) in [4.78, 5) is 24.0. The molecule has 0 fully saturated rings. The summed E-state index contributed by atoms with van der Waals surface area (Å²) in [5.41, 5.74) is 1.94. The SMILES string of the molecule is COC(=O)c1ccc2c(c1C)NC(=O)c1ccccc1O2. The highest BCUT2D eigenvalue weighted by Crippen LogP contribution is 2.38. The normalized spacial score (nSPS) is 12.4. The first kappa shape index (κ1) is 13.2. The number of rotatable bonds is 1. The highest BCUT2D eigenvalue weighted by molar-refractivity contribution is 6.09. The number of hydrogen-bond donors (Lipinski definition) is 1. The third-order valence-electron chi connectivity index (χ3n) is 3.42. The van der Waals surface area contributed by atoms with Crippen molar-refractivity contribution in [2.45, 2.75) is 6.92 Å². The molecule has 21 heavy (non-hydrogen) atoms. The second-order valence-electron chi connectivity index (χ2n) is 4.66. The summed E-state index contributed by atoms with van der Waals surface area (Å²) in [5, 5.41) is 2.79. The molecule has 1 amide bonds. The van der Waals surface area contributed by atoms with Gasteiger partial charge in [0.15, 0.2) is 5.75 Å². The number of hydrogen-bond acceptors (Lipinski definition) is 4. The molecule has 1 heterocycles. The van der Waals surface area contributed by atoms with E-state index in [-0.39, 0.29) is 5.91 Å². The number of methoxy groups -OCH3 is 1. The molecule has 3 rings (SSSR count). The number of fused-ring (bicyclic) bond motifs is 2. The van der Waals surface area contributed by atoms with Crippen LogP contribution in [0, 0.1) is 6.92 Å². The van der Waals surface area contributed by atoms with E-state index in [2.05, 4.69) is 5.32 Å². The van der Waals surface area contributed by atoms with Crippen LogP contribution < -0.4 is 10.1 Å². The lowest BCUT2D eigenvalue weighted by Crippen LogP contribution is -2.13. The van der Waals surface area contributed by atoms with Crippen molar-refractivity contribution in [1.29, 1.82) is 0 Å². The maximum Gasteiger partial charge on any atom is 0.338 e. The van der Waals surface area contributed by atoms with Gasteiger partial charge in [-0.3, -0.25) is 4.79 Å². The highest BCUT2D eigenvalue weighted by Gasteiger charge is 2.24. The van der Waals surface area contributed by atoms with Crippen molar-refractivity contribution in [2.75, 3.05) is 12.4 Å². The molecule has 1 N–H and O–H groups in total. The fourth-order valence-corrected chi connectivity index (χ4v) is 2.30. The van der Waals surface area contributed by atoms with Gasteiger partial charge in [-0.25, -0.2) is 4.79 Å². The Morgan fingerprint density at radius 1 is 1.14 bits per heavy atom. The average molecular weight is 283 g/mol. The predicted octanol–water partition coefficient (Wildman–Crippen LogP) is 3.14. The molecular weight excluding hydrogens is 270 g/mol. The molecule has 2 aromatic rings. The van der Waals surface area contributed by atoms with E-state index in [1.165, 1.54) is 7.11 Å². The number of ether oxygens (including phenoxy) is 2.